The standard InChI is InChI=1S/C14H18O3/c1-10(15)11-6-2-4-8-13(11)17-14-9-5-3-7-12(14)16/h2,4,6,8,12,14,16H,3,5,7,9H2,1H3. The van der Waals surface area contributed by atoms with Gasteiger partial charge in [-0.1, -0.05) is 18.6 Å². The SMILES string of the molecule is CC(=O)c1ccccc1OC1CCCCC1O. The van der Waals surface area contributed by atoms with Crippen LogP contribution < -0.4 is 4.74 Å². The number of carbonyl (C=O) groups excluding carboxylic acids is 1. The van der Waals surface area contributed by atoms with Crippen LogP contribution in [0.15, 0.2) is 24.3 Å². The zero-order valence-electron chi connectivity index (χ0n) is 10.1. The van der Waals surface area contributed by atoms with Crippen LogP contribution in [0.25, 0.3) is 0 Å². The van der Waals surface area contributed by atoms with Gasteiger partial charge < -0.3 is 9.84 Å². The van der Waals surface area contributed by atoms with Crippen molar-refractivity contribution in [2.45, 2.75) is 44.8 Å². The largest absolute Gasteiger partial charge is 0.487 e. The quantitative estimate of drug-likeness (QED) is 0.818. The first kappa shape index (κ1) is 12.1. The van der Waals surface area contributed by atoms with Crippen molar-refractivity contribution in [3.63, 3.8) is 0 Å². The summed E-state index contributed by atoms with van der Waals surface area (Å²) in [7, 11) is 0. The first-order chi connectivity index (χ1) is 8.18. The molecule has 1 aliphatic rings. The van der Waals surface area contributed by atoms with Crippen LogP contribution in [0.3, 0.4) is 0 Å². The summed E-state index contributed by atoms with van der Waals surface area (Å²) in [5.41, 5.74) is 0.588. The number of carbonyl (C=O) groups is 1. The van der Waals surface area contributed by atoms with Gasteiger partial charge in [0.05, 0.1) is 11.7 Å². The van der Waals surface area contributed by atoms with Crippen LogP contribution in [0.2, 0.25) is 0 Å². The van der Waals surface area contributed by atoms with Crippen LogP contribution in [0.1, 0.15) is 43.0 Å². The molecule has 3 heteroatoms. The lowest BCUT2D eigenvalue weighted by Crippen LogP contribution is -2.34. The number of hydrogen-bond acceptors (Lipinski definition) is 3. The van der Waals surface area contributed by atoms with Crippen molar-refractivity contribution in [1.29, 1.82) is 0 Å². The molecule has 0 radical (unpaired) electrons. The maximum absolute atomic E-state index is 11.4. The molecule has 1 fully saturated rings. The van der Waals surface area contributed by atoms with Gasteiger partial charge in [0.2, 0.25) is 0 Å². The van der Waals surface area contributed by atoms with Crippen molar-refractivity contribution in [3.8, 4) is 5.75 Å². The van der Waals surface area contributed by atoms with Gasteiger partial charge in [-0.15, -0.1) is 0 Å². The van der Waals surface area contributed by atoms with Crippen molar-refractivity contribution >= 4 is 5.78 Å². The molecule has 1 saturated carbocycles. The van der Waals surface area contributed by atoms with Crippen LogP contribution in [-0.4, -0.2) is 23.1 Å². The Morgan fingerprint density at radius 1 is 1.29 bits per heavy atom. The smallest absolute Gasteiger partial charge is 0.163 e. The Balaban J connectivity index is 2.14. The summed E-state index contributed by atoms with van der Waals surface area (Å²) in [6.45, 7) is 1.53. The molecule has 2 atom stereocenters. The fourth-order valence-corrected chi connectivity index (χ4v) is 2.24. The molecule has 2 unspecified atom stereocenters. The van der Waals surface area contributed by atoms with Gasteiger partial charge in [-0.3, -0.25) is 4.79 Å². The molecule has 17 heavy (non-hydrogen) atoms. The third-order valence-electron chi connectivity index (χ3n) is 3.21. The Morgan fingerprint density at radius 3 is 2.71 bits per heavy atom. The molecule has 0 saturated heterocycles. The molecule has 1 N–H and O–H groups in total. The fourth-order valence-electron chi connectivity index (χ4n) is 2.24. The van der Waals surface area contributed by atoms with Crippen LogP contribution in [0.5, 0.6) is 5.75 Å². The minimum absolute atomic E-state index is 0.00843. The fraction of sp³-hybridized carbons (Fsp3) is 0.500. The van der Waals surface area contributed by atoms with Crippen molar-refractivity contribution in [3.05, 3.63) is 29.8 Å². The topological polar surface area (TPSA) is 46.5 Å². The zero-order valence-corrected chi connectivity index (χ0v) is 10.1. The molecule has 1 aromatic rings. The van der Waals surface area contributed by atoms with Gasteiger partial charge in [-0.2, -0.15) is 0 Å². The number of ketones is 1. The highest BCUT2D eigenvalue weighted by Gasteiger charge is 2.25. The first-order valence-electron chi connectivity index (χ1n) is 6.13. The van der Waals surface area contributed by atoms with E-state index in [9.17, 15) is 9.90 Å². The second-order valence-corrected chi connectivity index (χ2v) is 4.56. The number of para-hydroxylation sites is 1. The Hall–Kier alpha value is -1.35. The maximum atomic E-state index is 11.4. The predicted octanol–water partition coefficient (Wildman–Crippen LogP) is 2.57. The third kappa shape index (κ3) is 2.86. The van der Waals surface area contributed by atoms with Gasteiger partial charge in [0.1, 0.15) is 11.9 Å². The average Bonchev–Trinajstić information content (AvgIpc) is 2.32. The molecule has 2 rings (SSSR count). The van der Waals surface area contributed by atoms with Gasteiger partial charge >= 0.3 is 0 Å². The normalized spacial score (nSPS) is 24.4. The Bertz CT molecular complexity index is 400. The number of hydrogen-bond donors (Lipinski definition) is 1. The molecule has 92 valence electrons. The van der Waals surface area contributed by atoms with Crippen molar-refractivity contribution in [2.24, 2.45) is 0 Å². The van der Waals surface area contributed by atoms with E-state index in [1.807, 2.05) is 12.1 Å². The molecule has 0 aromatic heterocycles. The van der Waals surface area contributed by atoms with Gasteiger partial charge in [0.25, 0.3) is 0 Å². The van der Waals surface area contributed by atoms with E-state index >= 15 is 0 Å². The summed E-state index contributed by atoms with van der Waals surface area (Å²) in [4.78, 5) is 11.4. The lowest BCUT2D eigenvalue weighted by molar-refractivity contribution is 0.00648. The molecule has 0 bridgehead atoms. The molecule has 1 aliphatic carbocycles. The van der Waals surface area contributed by atoms with Gasteiger partial charge in [0.15, 0.2) is 5.78 Å². The maximum Gasteiger partial charge on any atom is 0.163 e. The second-order valence-electron chi connectivity index (χ2n) is 4.56. The Kier molecular flexibility index (Phi) is 3.79. The molecule has 0 aliphatic heterocycles. The van der Waals surface area contributed by atoms with E-state index in [0.29, 0.717) is 11.3 Å². The zero-order chi connectivity index (χ0) is 12.3. The number of aliphatic hydroxyl groups excluding tert-OH is 1. The van der Waals surface area contributed by atoms with E-state index < -0.39 is 6.10 Å². The Labute approximate surface area is 101 Å². The minimum Gasteiger partial charge on any atom is -0.487 e. The van der Waals surface area contributed by atoms with E-state index in [2.05, 4.69) is 0 Å². The molecule has 0 heterocycles. The first-order valence-corrected chi connectivity index (χ1v) is 6.13. The molecular formula is C14H18O3. The third-order valence-corrected chi connectivity index (χ3v) is 3.21. The Morgan fingerprint density at radius 2 is 2.00 bits per heavy atom. The van der Waals surface area contributed by atoms with E-state index in [0.717, 1.165) is 25.7 Å². The highest BCUT2D eigenvalue weighted by molar-refractivity contribution is 5.96. The lowest BCUT2D eigenvalue weighted by Gasteiger charge is -2.28. The van der Waals surface area contributed by atoms with E-state index in [1.165, 1.54) is 6.92 Å². The molecule has 3 nitrogen and oxygen atoms in total. The summed E-state index contributed by atoms with van der Waals surface area (Å²) >= 11 is 0. The van der Waals surface area contributed by atoms with E-state index in [4.69, 9.17) is 4.74 Å². The van der Waals surface area contributed by atoms with Crippen LogP contribution in [0, 0.1) is 0 Å². The number of aliphatic hydroxyl groups is 1. The van der Waals surface area contributed by atoms with Gasteiger partial charge in [-0.05, 0) is 38.3 Å². The minimum atomic E-state index is -0.413. The summed E-state index contributed by atoms with van der Waals surface area (Å²) in [5.74, 6) is 0.580. The average molecular weight is 234 g/mol. The number of ether oxygens (including phenoxy) is 1. The van der Waals surface area contributed by atoms with Gasteiger partial charge in [-0.25, -0.2) is 0 Å². The summed E-state index contributed by atoms with van der Waals surface area (Å²) < 4.78 is 5.79. The van der Waals surface area contributed by atoms with Crippen molar-refractivity contribution < 1.29 is 14.6 Å². The van der Waals surface area contributed by atoms with Crippen LogP contribution >= 0.6 is 0 Å². The molecule has 0 spiro atoms. The molecule has 1 aromatic carbocycles. The van der Waals surface area contributed by atoms with E-state index in [1.54, 1.807) is 12.1 Å². The number of Topliss-reactive ketones (excluding diaryl/α,β-unsaturated/α-hetero) is 1. The lowest BCUT2D eigenvalue weighted by atomic mass is 9.94. The number of benzene rings is 1. The van der Waals surface area contributed by atoms with Crippen LogP contribution in [-0.2, 0) is 0 Å². The van der Waals surface area contributed by atoms with Crippen molar-refractivity contribution in [2.75, 3.05) is 0 Å². The van der Waals surface area contributed by atoms with Crippen LogP contribution in [0.4, 0.5) is 0 Å². The summed E-state index contributed by atoms with van der Waals surface area (Å²) in [6.07, 6.45) is 3.17. The molecular weight excluding hydrogens is 216 g/mol. The predicted molar refractivity (Wildman–Crippen MR) is 65.3 cm³/mol. The van der Waals surface area contributed by atoms with Crippen molar-refractivity contribution in [1.82, 2.24) is 0 Å². The van der Waals surface area contributed by atoms with Gasteiger partial charge in [0, 0.05) is 0 Å². The highest BCUT2D eigenvalue weighted by Crippen LogP contribution is 2.26. The summed E-state index contributed by atoms with van der Waals surface area (Å²) in [5, 5.41) is 9.85. The summed E-state index contributed by atoms with van der Waals surface area (Å²) in [6, 6.07) is 7.21. The highest BCUT2D eigenvalue weighted by atomic mass is 16.5. The molecule has 0 amide bonds. The van der Waals surface area contributed by atoms with E-state index in [-0.39, 0.29) is 11.9 Å². The number of rotatable bonds is 3. The second kappa shape index (κ2) is 5.32. The monoisotopic (exact) mass is 234 g/mol.